The summed E-state index contributed by atoms with van der Waals surface area (Å²) >= 11 is 0. The summed E-state index contributed by atoms with van der Waals surface area (Å²) in [6, 6.07) is 3.89. The Morgan fingerprint density at radius 1 is 1.29 bits per heavy atom. The standard InChI is InChI=1S/C19H19BF2N2/c1-11-9-14(12(2)20)16-15(10-11)13(3)24-8-7-18(17(24)23-16)5-4-6-19(18,21)22/h9-10H,2-8H2,1H3. The number of rotatable bonds is 1. The molecular formula is C19H19BF2N2. The van der Waals surface area contributed by atoms with Gasteiger partial charge >= 0.3 is 0 Å². The summed E-state index contributed by atoms with van der Waals surface area (Å²) in [5.41, 5.74) is 3.20. The van der Waals surface area contributed by atoms with Crippen molar-refractivity contribution in [3.05, 3.63) is 42.0 Å². The molecule has 1 aliphatic carbocycles. The third-order valence-corrected chi connectivity index (χ3v) is 5.69. The van der Waals surface area contributed by atoms with E-state index in [2.05, 4.69) is 13.2 Å². The minimum absolute atomic E-state index is 0.0659. The molecule has 0 aromatic heterocycles. The van der Waals surface area contributed by atoms with Gasteiger partial charge in [-0.1, -0.05) is 18.1 Å². The van der Waals surface area contributed by atoms with Crippen LogP contribution in [0.25, 0.3) is 11.2 Å². The van der Waals surface area contributed by atoms with Crippen LogP contribution in [0.2, 0.25) is 0 Å². The van der Waals surface area contributed by atoms with Crippen LogP contribution in [0.4, 0.5) is 14.5 Å². The van der Waals surface area contributed by atoms with Crippen molar-refractivity contribution in [3.63, 3.8) is 0 Å². The first kappa shape index (κ1) is 15.6. The van der Waals surface area contributed by atoms with Crippen LogP contribution in [-0.4, -0.2) is 31.0 Å². The summed E-state index contributed by atoms with van der Waals surface area (Å²) in [6.07, 6.45) is 1.36. The van der Waals surface area contributed by atoms with Crippen molar-refractivity contribution in [2.24, 2.45) is 10.4 Å². The Bertz CT molecular complexity index is 812. The fraction of sp³-hybridized carbons (Fsp3) is 0.421. The lowest BCUT2D eigenvalue weighted by atomic mass is 9.80. The van der Waals surface area contributed by atoms with Crippen molar-refractivity contribution in [2.45, 2.75) is 38.5 Å². The van der Waals surface area contributed by atoms with Crippen LogP contribution in [0.1, 0.15) is 42.4 Å². The van der Waals surface area contributed by atoms with E-state index in [0.29, 0.717) is 48.4 Å². The molecule has 0 bridgehead atoms. The normalized spacial score (nSPS) is 27.2. The topological polar surface area (TPSA) is 15.6 Å². The minimum Gasteiger partial charge on any atom is -0.329 e. The van der Waals surface area contributed by atoms with Crippen LogP contribution in [0.5, 0.6) is 0 Å². The molecule has 1 atom stereocenters. The van der Waals surface area contributed by atoms with Crippen molar-refractivity contribution in [1.82, 2.24) is 4.90 Å². The second kappa shape index (κ2) is 4.81. The van der Waals surface area contributed by atoms with E-state index in [-0.39, 0.29) is 6.42 Å². The zero-order chi connectivity index (χ0) is 17.3. The van der Waals surface area contributed by atoms with E-state index < -0.39 is 11.3 Å². The van der Waals surface area contributed by atoms with Gasteiger partial charge in [0.05, 0.1) is 11.1 Å². The predicted octanol–water partition coefficient (Wildman–Crippen LogP) is 4.66. The average molecular weight is 324 g/mol. The quantitative estimate of drug-likeness (QED) is 0.686. The van der Waals surface area contributed by atoms with E-state index in [1.807, 2.05) is 24.0 Å². The summed E-state index contributed by atoms with van der Waals surface area (Å²) in [5.74, 6) is -2.25. The van der Waals surface area contributed by atoms with Crippen molar-refractivity contribution in [2.75, 3.05) is 6.54 Å². The first-order valence-electron chi connectivity index (χ1n) is 8.30. The largest absolute Gasteiger partial charge is 0.329 e. The van der Waals surface area contributed by atoms with Crippen LogP contribution in [0, 0.1) is 12.3 Å². The molecule has 1 unspecified atom stereocenters. The van der Waals surface area contributed by atoms with Gasteiger partial charge in [0.25, 0.3) is 5.92 Å². The number of alkyl halides is 2. The Labute approximate surface area is 142 Å². The van der Waals surface area contributed by atoms with Crippen molar-refractivity contribution in [3.8, 4) is 0 Å². The van der Waals surface area contributed by atoms with Gasteiger partial charge < -0.3 is 4.90 Å². The molecule has 2 radical (unpaired) electrons. The maximum absolute atomic E-state index is 14.7. The van der Waals surface area contributed by atoms with Crippen LogP contribution in [0.15, 0.2) is 30.3 Å². The van der Waals surface area contributed by atoms with Crippen LogP contribution < -0.4 is 0 Å². The molecule has 1 aromatic carbocycles. The number of benzene rings is 1. The third-order valence-electron chi connectivity index (χ3n) is 5.69. The van der Waals surface area contributed by atoms with Gasteiger partial charge in [-0.05, 0) is 43.4 Å². The molecule has 2 aliphatic heterocycles. The first-order chi connectivity index (χ1) is 11.3. The van der Waals surface area contributed by atoms with E-state index >= 15 is 0 Å². The maximum Gasteiger partial charge on any atom is 0.260 e. The Morgan fingerprint density at radius 3 is 2.67 bits per heavy atom. The number of halogens is 2. The molecule has 2 fully saturated rings. The highest BCUT2D eigenvalue weighted by atomic mass is 19.3. The molecule has 1 aromatic rings. The first-order valence-corrected chi connectivity index (χ1v) is 8.30. The van der Waals surface area contributed by atoms with E-state index in [0.717, 1.165) is 16.8 Å². The lowest BCUT2D eigenvalue weighted by molar-refractivity contribution is -0.0628. The number of hydrogen-bond donors (Lipinski definition) is 0. The van der Waals surface area contributed by atoms with Crippen molar-refractivity contribution < 1.29 is 8.78 Å². The molecule has 3 aliphatic rings. The zero-order valence-corrected chi connectivity index (χ0v) is 13.8. The number of hydrogen-bond acceptors (Lipinski definition) is 2. The molecule has 4 rings (SSSR count). The van der Waals surface area contributed by atoms with E-state index in [1.54, 1.807) is 0 Å². The Balaban J connectivity index is 1.97. The molecule has 1 saturated carbocycles. The van der Waals surface area contributed by atoms with Crippen LogP contribution >= 0.6 is 0 Å². The number of nitrogens with zero attached hydrogens (tertiary/aromatic N) is 2. The Kier molecular flexibility index (Phi) is 3.13. The predicted molar refractivity (Wildman–Crippen MR) is 94.7 cm³/mol. The monoisotopic (exact) mass is 324 g/mol. The summed E-state index contributed by atoms with van der Waals surface area (Å²) in [7, 11) is 5.93. The molecule has 2 nitrogen and oxygen atoms in total. The fourth-order valence-corrected chi connectivity index (χ4v) is 4.44. The number of aliphatic imine (C=N–C) groups is 1. The molecule has 5 heteroatoms. The second-order valence-corrected chi connectivity index (χ2v) is 7.16. The smallest absolute Gasteiger partial charge is 0.260 e. The van der Waals surface area contributed by atoms with Crippen molar-refractivity contribution >= 4 is 30.5 Å². The lowest BCUT2D eigenvalue weighted by Crippen LogP contribution is -2.44. The van der Waals surface area contributed by atoms with Gasteiger partial charge in [-0.25, -0.2) is 13.8 Å². The van der Waals surface area contributed by atoms with Gasteiger partial charge in [-0.3, -0.25) is 0 Å². The molecule has 0 N–H and O–H groups in total. The molecule has 122 valence electrons. The molecule has 1 spiro atoms. The summed E-state index contributed by atoms with van der Waals surface area (Å²) in [6.45, 7) is 10.5. The Morgan fingerprint density at radius 2 is 2.04 bits per heavy atom. The van der Waals surface area contributed by atoms with Gasteiger partial charge in [-0.15, -0.1) is 6.58 Å². The van der Waals surface area contributed by atoms with Crippen LogP contribution in [0.3, 0.4) is 0 Å². The summed E-state index contributed by atoms with van der Waals surface area (Å²) in [4.78, 5) is 6.59. The number of fused-ring (bicyclic) bond motifs is 3. The molecule has 24 heavy (non-hydrogen) atoms. The molecule has 1 saturated heterocycles. The average Bonchev–Trinajstić information content (AvgIpc) is 3.02. The molecule has 0 amide bonds. The molecule has 2 heterocycles. The number of aryl methyl sites for hydroxylation is 1. The van der Waals surface area contributed by atoms with E-state index in [9.17, 15) is 8.78 Å². The zero-order valence-electron chi connectivity index (χ0n) is 13.8. The highest BCUT2D eigenvalue weighted by Gasteiger charge is 2.64. The van der Waals surface area contributed by atoms with E-state index in [1.165, 1.54) is 0 Å². The summed E-state index contributed by atoms with van der Waals surface area (Å²) in [5, 5.41) is 0. The number of amidine groups is 1. The summed E-state index contributed by atoms with van der Waals surface area (Å²) < 4.78 is 29.4. The Hall–Kier alpha value is -1.91. The van der Waals surface area contributed by atoms with Gasteiger partial charge in [0, 0.05) is 24.2 Å². The lowest BCUT2D eigenvalue weighted by Gasteiger charge is -2.36. The highest BCUT2D eigenvalue weighted by Crippen LogP contribution is 2.59. The molecular weight excluding hydrogens is 305 g/mol. The SMILES string of the molecule is [B]C(=C)c1cc(C)cc2c1N=C1N(CCC13CCCC3(F)F)C2=C. The maximum atomic E-state index is 14.7. The third kappa shape index (κ3) is 1.84. The van der Waals surface area contributed by atoms with Gasteiger partial charge in [0.15, 0.2) is 0 Å². The fourth-order valence-electron chi connectivity index (χ4n) is 4.44. The second-order valence-electron chi connectivity index (χ2n) is 7.16. The van der Waals surface area contributed by atoms with Gasteiger partial charge in [0.1, 0.15) is 13.7 Å². The van der Waals surface area contributed by atoms with Crippen LogP contribution in [-0.2, 0) is 0 Å². The van der Waals surface area contributed by atoms with Gasteiger partial charge in [-0.2, -0.15) is 0 Å². The minimum atomic E-state index is -2.72. The highest BCUT2D eigenvalue weighted by molar-refractivity contribution is 6.42. The van der Waals surface area contributed by atoms with Gasteiger partial charge in [0.2, 0.25) is 0 Å². The van der Waals surface area contributed by atoms with Crippen molar-refractivity contribution in [1.29, 1.82) is 0 Å². The van der Waals surface area contributed by atoms with E-state index in [4.69, 9.17) is 12.8 Å².